The summed E-state index contributed by atoms with van der Waals surface area (Å²) in [5.41, 5.74) is 1.82. The van der Waals surface area contributed by atoms with Crippen LogP contribution in [0.5, 0.6) is 0 Å². The van der Waals surface area contributed by atoms with Crippen molar-refractivity contribution in [1.82, 2.24) is 10.2 Å². The van der Waals surface area contributed by atoms with Gasteiger partial charge in [0.1, 0.15) is 5.17 Å². The highest BCUT2D eigenvalue weighted by atomic mass is 35.5. The summed E-state index contributed by atoms with van der Waals surface area (Å²) in [4.78, 5) is 0. The molecule has 0 unspecified atom stereocenters. The summed E-state index contributed by atoms with van der Waals surface area (Å²) in [7, 11) is 0. The van der Waals surface area contributed by atoms with E-state index in [1.807, 2.05) is 6.92 Å². The Kier molecular flexibility index (Phi) is 3.64. The molecule has 0 spiro atoms. The van der Waals surface area contributed by atoms with Crippen molar-refractivity contribution in [3.8, 4) is 0 Å². The summed E-state index contributed by atoms with van der Waals surface area (Å²) in [5, 5.41) is 14.8. The third kappa shape index (κ3) is 2.99. The monoisotopic (exact) mass is 198 g/mol. The van der Waals surface area contributed by atoms with Crippen LogP contribution in [0, 0.1) is 0 Å². The molecule has 0 atom stereocenters. The molecule has 0 saturated heterocycles. The largest absolute Gasteiger partial charge is 0.285 e. The standard InChI is InChI=1S/C8H11ClN4/c1-3-8(13-12-6(2)9)7-4-10-11-5-7/h4-5H,3H2,1-2H3,(H,10,11)/b12-6+,13-8+. The molecule has 4 nitrogen and oxygen atoms in total. The van der Waals surface area contributed by atoms with Crippen molar-refractivity contribution in [1.29, 1.82) is 0 Å². The van der Waals surface area contributed by atoms with E-state index in [1.165, 1.54) is 0 Å². The highest BCUT2D eigenvalue weighted by Gasteiger charge is 2.00. The minimum absolute atomic E-state index is 0.425. The number of hydrogen-bond donors (Lipinski definition) is 1. The third-order valence-corrected chi connectivity index (χ3v) is 1.55. The fourth-order valence-corrected chi connectivity index (χ4v) is 0.908. The lowest BCUT2D eigenvalue weighted by Gasteiger charge is -1.95. The number of hydrogen-bond acceptors (Lipinski definition) is 3. The van der Waals surface area contributed by atoms with Crippen LogP contribution in [0.25, 0.3) is 0 Å². The highest BCUT2D eigenvalue weighted by Crippen LogP contribution is 2.02. The first kappa shape index (κ1) is 9.92. The molecule has 1 heterocycles. The van der Waals surface area contributed by atoms with Gasteiger partial charge in [0.2, 0.25) is 0 Å². The van der Waals surface area contributed by atoms with E-state index in [1.54, 1.807) is 19.3 Å². The van der Waals surface area contributed by atoms with E-state index in [0.717, 1.165) is 17.7 Å². The highest BCUT2D eigenvalue weighted by molar-refractivity contribution is 6.64. The maximum Gasteiger partial charge on any atom is 0.125 e. The molecule has 0 aliphatic rings. The van der Waals surface area contributed by atoms with Crippen LogP contribution in [0.4, 0.5) is 0 Å². The number of aromatic nitrogens is 2. The number of H-pyrrole nitrogens is 1. The molecule has 0 saturated carbocycles. The van der Waals surface area contributed by atoms with E-state index in [4.69, 9.17) is 11.6 Å². The molecule has 0 radical (unpaired) electrons. The van der Waals surface area contributed by atoms with E-state index < -0.39 is 0 Å². The summed E-state index contributed by atoms with van der Waals surface area (Å²) in [6.07, 6.45) is 4.29. The normalized spacial score (nSPS) is 13.5. The van der Waals surface area contributed by atoms with Gasteiger partial charge in [0.25, 0.3) is 0 Å². The topological polar surface area (TPSA) is 53.4 Å². The average molecular weight is 199 g/mol. The molecule has 70 valence electrons. The Labute approximate surface area is 81.7 Å². The maximum atomic E-state index is 5.56. The zero-order valence-corrected chi connectivity index (χ0v) is 8.34. The molecule has 1 aromatic heterocycles. The fourth-order valence-electron chi connectivity index (χ4n) is 0.871. The Morgan fingerprint density at radius 2 is 2.38 bits per heavy atom. The summed E-state index contributed by atoms with van der Waals surface area (Å²) >= 11 is 5.56. The van der Waals surface area contributed by atoms with Gasteiger partial charge < -0.3 is 0 Å². The number of nitrogens with one attached hydrogen (secondary N) is 1. The smallest absolute Gasteiger partial charge is 0.125 e. The lowest BCUT2D eigenvalue weighted by molar-refractivity contribution is 1.09. The number of rotatable bonds is 3. The van der Waals surface area contributed by atoms with E-state index in [2.05, 4.69) is 20.4 Å². The van der Waals surface area contributed by atoms with Gasteiger partial charge in [-0.2, -0.15) is 10.2 Å². The molecule has 0 aliphatic carbocycles. The second kappa shape index (κ2) is 4.77. The second-order valence-electron chi connectivity index (χ2n) is 2.48. The second-order valence-corrected chi connectivity index (χ2v) is 3.03. The minimum Gasteiger partial charge on any atom is -0.285 e. The predicted molar refractivity (Wildman–Crippen MR) is 54.4 cm³/mol. The van der Waals surface area contributed by atoms with E-state index in [0.29, 0.717) is 5.17 Å². The van der Waals surface area contributed by atoms with Crippen LogP contribution in [0.2, 0.25) is 0 Å². The summed E-state index contributed by atoms with van der Waals surface area (Å²) in [6, 6.07) is 0. The van der Waals surface area contributed by atoms with Gasteiger partial charge in [0.05, 0.1) is 11.9 Å². The molecule has 0 bridgehead atoms. The minimum atomic E-state index is 0.425. The third-order valence-electron chi connectivity index (χ3n) is 1.47. The molecular formula is C8H11ClN4. The van der Waals surface area contributed by atoms with Gasteiger partial charge in [-0.15, -0.1) is 5.10 Å². The Morgan fingerprint density at radius 1 is 1.62 bits per heavy atom. The van der Waals surface area contributed by atoms with Gasteiger partial charge in [0, 0.05) is 11.8 Å². The average Bonchev–Trinajstić information content (AvgIpc) is 2.58. The summed E-state index contributed by atoms with van der Waals surface area (Å²) in [5.74, 6) is 0. The Hall–Kier alpha value is -1.16. The zero-order valence-electron chi connectivity index (χ0n) is 7.58. The maximum absolute atomic E-state index is 5.56. The molecule has 13 heavy (non-hydrogen) atoms. The van der Waals surface area contributed by atoms with Crippen LogP contribution in [-0.4, -0.2) is 21.1 Å². The van der Waals surface area contributed by atoms with Crippen LogP contribution < -0.4 is 0 Å². The van der Waals surface area contributed by atoms with Crippen molar-refractivity contribution < 1.29 is 0 Å². The molecule has 0 aromatic carbocycles. The molecule has 0 amide bonds. The molecule has 1 N–H and O–H groups in total. The first-order valence-electron chi connectivity index (χ1n) is 3.99. The molecule has 0 aliphatic heterocycles. The molecule has 0 fully saturated rings. The van der Waals surface area contributed by atoms with Crippen LogP contribution >= 0.6 is 11.6 Å². The summed E-state index contributed by atoms with van der Waals surface area (Å²) < 4.78 is 0. The van der Waals surface area contributed by atoms with Gasteiger partial charge in [-0.25, -0.2) is 0 Å². The van der Waals surface area contributed by atoms with E-state index >= 15 is 0 Å². The van der Waals surface area contributed by atoms with Crippen molar-refractivity contribution in [3.05, 3.63) is 18.0 Å². The van der Waals surface area contributed by atoms with Crippen molar-refractivity contribution in [2.45, 2.75) is 20.3 Å². The van der Waals surface area contributed by atoms with E-state index in [-0.39, 0.29) is 0 Å². The van der Waals surface area contributed by atoms with Crippen LogP contribution in [-0.2, 0) is 0 Å². The number of aromatic amines is 1. The molecule has 5 heteroatoms. The number of halogens is 1. The van der Waals surface area contributed by atoms with Crippen molar-refractivity contribution >= 4 is 22.5 Å². The first-order valence-corrected chi connectivity index (χ1v) is 4.37. The predicted octanol–water partition coefficient (Wildman–Crippen LogP) is 2.18. The van der Waals surface area contributed by atoms with Gasteiger partial charge in [-0.05, 0) is 13.3 Å². The Bertz CT molecular complexity index is 309. The van der Waals surface area contributed by atoms with Crippen molar-refractivity contribution in [2.24, 2.45) is 10.2 Å². The first-order chi connectivity index (χ1) is 6.24. The molecule has 1 aromatic rings. The molecule has 1 rings (SSSR count). The van der Waals surface area contributed by atoms with Crippen LogP contribution in [0.3, 0.4) is 0 Å². The van der Waals surface area contributed by atoms with Crippen LogP contribution in [0.15, 0.2) is 22.6 Å². The lowest BCUT2D eigenvalue weighted by atomic mass is 10.2. The van der Waals surface area contributed by atoms with Gasteiger partial charge in [0.15, 0.2) is 0 Å². The van der Waals surface area contributed by atoms with Gasteiger partial charge in [-0.3, -0.25) is 5.10 Å². The van der Waals surface area contributed by atoms with Gasteiger partial charge >= 0.3 is 0 Å². The van der Waals surface area contributed by atoms with Crippen LogP contribution in [0.1, 0.15) is 25.8 Å². The quantitative estimate of drug-likeness (QED) is 0.588. The van der Waals surface area contributed by atoms with Crippen molar-refractivity contribution in [2.75, 3.05) is 0 Å². The Morgan fingerprint density at radius 3 is 2.85 bits per heavy atom. The van der Waals surface area contributed by atoms with E-state index in [9.17, 15) is 0 Å². The Balaban J connectivity index is 2.86. The van der Waals surface area contributed by atoms with Crippen molar-refractivity contribution in [3.63, 3.8) is 0 Å². The summed E-state index contributed by atoms with van der Waals surface area (Å²) in [6.45, 7) is 3.69. The zero-order chi connectivity index (χ0) is 9.68. The molecular weight excluding hydrogens is 188 g/mol. The number of nitrogens with zero attached hydrogens (tertiary/aromatic N) is 3. The lowest BCUT2D eigenvalue weighted by Crippen LogP contribution is -1.96. The SMILES string of the molecule is CC/C(=N\N=C(/C)Cl)c1cn[nH]c1. The van der Waals surface area contributed by atoms with Gasteiger partial charge in [-0.1, -0.05) is 18.5 Å². The fraction of sp³-hybridized carbons (Fsp3) is 0.375.